The molecule has 0 bridgehead atoms. The summed E-state index contributed by atoms with van der Waals surface area (Å²) >= 11 is 3.34. The van der Waals surface area contributed by atoms with Crippen LogP contribution in [0.2, 0.25) is 0 Å². The van der Waals surface area contributed by atoms with Gasteiger partial charge in [0.15, 0.2) is 0 Å². The van der Waals surface area contributed by atoms with Gasteiger partial charge in [0.1, 0.15) is 0 Å². The standard InChI is InChI=1S/C8H16BrNO2S/c1-7(9)5-10(2)13(11,12)6-8-3-4-8/h7-8H,3-6H2,1-2H3. The lowest BCUT2D eigenvalue weighted by Gasteiger charge is -2.18. The molecule has 0 spiro atoms. The van der Waals surface area contributed by atoms with Crippen molar-refractivity contribution in [2.45, 2.75) is 24.6 Å². The molecule has 3 nitrogen and oxygen atoms in total. The van der Waals surface area contributed by atoms with Crippen molar-refractivity contribution in [1.82, 2.24) is 4.31 Å². The third kappa shape index (κ3) is 3.95. The quantitative estimate of drug-likeness (QED) is 0.709. The number of rotatable bonds is 5. The summed E-state index contributed by atoms with van der Waals surface area (Å²) in [5.41, 5.74) is 0. The van der Waals surface area contributed by atoms with Crippen LogP contribution in [0.5, 0.6) is 0 Å². The summed E-state index contributed by atoms with van der Waals surface area (Å²) in [5.74, 6) is 0.765. The van der Waals surface area contributed by atoms with Crippen molar-refractivity contribution in [3.05, 3.63) is 0 Å². The fraction of sp³-hybridized carbons (Fsp3) is 1.00. The maximum absolute atomic E-state index is 11.6. The van der Waals surface area contributed by atoms with E-state index in [-0.39, 0.29) is 4.83 Å². The third-order valence-electron chi connectivity index (χ3n) is 2.13. The highest BCUT2D eigenvalue weighted by molar-refractivity contribution is 9.09. The van der Waals surface area contributed by atoms with E-state index < -0.39 is 10.0 Å². The Labute approximate surface area is 88.7 Å². The van der Waals surface area contributed by atoms with E-state index in [1.165, 1.54) is 4.31 Å². The molecule has 0 heterocycles. The molecule has 1 fully saturated rings. The van der Waals surface area contributed by atoms with Gasteiger partial charge in [0.2, 0.25) is 10.0 Å². The number of halogens is 1. The van der Waals surface area contributed by atoms with Crippen LogP contribution < -0.4 is 0 Å². The molecule has 78 valence electrons. The first-order valence-electron chi connectivity index (χ1n) is 4.50. The molecule has 0 aliphatic heterocycles. The van der Waals surface area contributed by atoms with Gasteiger partial charge in [0.05, 0.1) is 5.75 Å². The molecular weight excluding hydrogens is 254 g/mol. The lowest BCUT2D eigenvalue weighted by molar-refractivity contribution is 0.471. The first-order chi connectivity index (χ1) is 5.92. The molecule has 0 saturated heterocycles. The second-order valence-electron chi connectivity index (χ2n) is 3.78. The Kier molecular flexibility index (Phi) is 3.77. The smallest absolute Gasteiger partial charge is 0.212 e. The fourth-order valence-corrected chi connectivity index (χ4v) is 3.44. The zero-order valence-corrected chi connectivity index (χ0v) is 10.4. The second kappa shape index (κ2) is 4.28. The summed E-state index contributed by atoms with van der Waals surface area (Å²) < 4.78 is 24.7. The zero-order valence-electron chi connectivity index (χ0n) is 8.03. The minimum absolute atomic E-state index is 0.214. The summed E-state index contributed by atoms with van der Waals surface area (Å²) in [5, 5.41) is 0. The van der Waals surface area contributed by atoms with Gasteiger partial charge in [-0.25, -0.2) is 12.7 Å². The number of hydrogen-bond acceptors (Lipinski definition) is 2. The first kappa shape index (κ1) is 11.5. The zero-order chi connectivity index (χ0) is 10.1. The van der Waals surface area contributed by atoms with E-state index in [4.69, 9.17) is 0 Å². The molecule has 13 heavy (non-hydrogen) atoms. The van der Waals surface area contributed by atoms with Crippen LogP contribution in [-0.4, -0.2) is 36.9 Å². The number of sulfonamides is 1. The molecule has 1 rings (SSSR count). The van der Waals surface area contributed by atoms with E-state index in [2.05, 4.69) is 15.9 Å². The van der Waals surface area contributed by atoms with Crippen LogP contribution in [-0.2, 0) is 10.0 Å². The van der Waals surface area contributed by atoms with Crippen molar-refractivity contribution >= 4 is 26.0 Å². The van der Waals surface area contributed by atoms with Gasteiger partial charge in [-0.2, -0.15) is 0 Å². The molecule has 0 aromatic rings. The maximum Gasteiger partial charge on any atom is 0.214 e. The predicted octanol–water partition coefficient (Wildman–Crippen LogP) is 1.44. The van der Waals surface area contributed by atoms with Gasteiger partial charge in [0.25, 0.3) is 0 Å². The Morgan fingerprint density at radius 3 is 2.46 bits per heavy atom. The predicted molar refractivity (Wildman–Crippen MR) is 57.5 cm³/mol. The molecular formula is C8H16BrNO2S. The van der Waals surface area contributed by atoms with Crippen LogP contribution in [0.3, 0.4) is 0 Å². The van der Waals surface area contributed by atoms with Crippen LogP contribution in [0.4, 0.5) is 0 Å². The molecule has 0 aromatic heterocycles. The van der Waals surface area contributed by atoms with E-state index in [9.17, 15) is 8.42 Å². The molecule has 1 unspecified atom stereocenters. The van der Waals surface area contributed by atoms with Crippen LogP contribution in [0, 0.1) is 5.92 Å². The molecule has 1 aliphatic rings. The number of hydrogen-bond donors (Lipinski definition) is 0. The van der Waals surface area contributed by atoms with Crippen molar-refractivity contribution < 1.29 is 8.42 Å². The van der Waals surface area contributed by atoms with Crippen LogP contribution in [0.15, 0.2) is 0 Å². The molecule has 0 amide bonds. The number of alkyl halides is 1. The van der Waals surface area contributed by atoms with Crippen molar-refractivity contribution in [1.29, 1.82) is 0 Å². The average molecular weight is 270 g/mol. The highest BCUT2D eigenvalue weighted by atomic mass is 79.9. The maximum atomic E-state index is 11.6. The summed E-state index contributed by atoms with van der Waals surface area (Å²) in [6.07, 6.45) is 2.16. The Morgan fingerprint density at radius 1 is 1.54 bits per heavy atom. The van der Waals surface area contributed by atoms with Gasteiger partial charge in [-0.15, -0.1) is 0 Å². The largest absolute Gasteiger partial charge is 0.214 e. The highest BCUT2D eigenvalue weighted by Gasteiger charge is 2.30. The average Bonchev–Trinajstić information content (AvgIpc) is 2.69. The van der Waals surface area contributed by atoms with Crippen molar-refractivity contribution in [3.8, 4) is 0 Å². The van der Waals surface area contributed by atoms with Crippen molar-refractivity contribution in [2.75, 3.05) is 19.3 Å². The Bertz CT molecular complexity index is 259. The molecule has 0 aromatic carbocycles. The summed E-state index contributed by atoms with van der Waals surface area (Å²) in [7, 11) is -1.34. The summed E-state index contributed by atoms with van der Waals surface area (Å²) in [6, 6.07) is 0. The second-order valence-corrected chi connectivity index (χ2v) is 7.47. The highest BCUT2D eigenvalue weighted by Crippen LogP contribution is 2.30. The van der Waals surface area contributed by atoms with E-state index in [1.807, 2.05) is 6.92 Å². The molecule has 0 radical (unpaired) electrons. The van der Waals surface area contributed by atoms with Crippen LogP contribution in [0.25, 0.3) is 0 Å². The molecule has 5 heteroatoms. The molecule has 1 saturated carbocycles. The lowest BCUT2D eigenvalue weighted by atomic mass is 10.5. The third-order valence-corrected chi connectivity index (χ3v) is 4.41. The van der Waals surface area contributed by atoms with E-state index >= 15 is 0 Å². The topological polar surface area (TPSA) is 37.4 Å². The SMILES string of the molecule is CC(Br)CN(C)S(=O)(=O)CC1CC1. The molecule has 0 N–H and O–H groups in total. The monoisotopic (exact) mass is 269 g/mol. The van der Waals surface area contributed by atoms with Crippen molar-refractivity contribution in [3.63, 3.8) is 0 Å². The Hall–Kier alpha value is 0.390. The van der Waals surface area contributed by atoms with E-state index in [1.54, 1.807) is 7.05 Å². The van der Waals surface area contributed by atoms with Gasteiger partial charge >= 0.3 is 0 Å². The first-order valence-corrected chi connectivity index (χ1v) is 7.02. The molecule has 1 atom stereocenters. The van der Waals surface area contributed by atoms with E-state index in [0.717, 1.165) is 12.8 Å². The lowest BCUT2D eigenvalue weighted by Crippen LogP contribution is -2.33. The van der Waals surface area contributed by atoms with Gasteiger partial charge in [-0.3, -0.25) is 0 Å². The number of nitrogens with zero attached hydrogens (tertiary/aromatic N) is 1. The summed E-state index contributed by atoms with van der Waals surface area (Å²) in [4.78, 5) is 0.214. The van der Waals surface area contributed by atoms with Crippen LogP contribution >= 0.6 is 15.9 Å². The van der Waals surface area contributed by atoms with Gasteiger partial charge in [0, 0.05) is 18.4 Å². The molecule has 1 aliphatic carbocycles. The minimum atomic E-state index is -2.99. The normalized spacial score (nSPS) is 20.6. The fourth-order valence-electron chi connectivity index (χ4n) is 1.18. The van der Waals surface area contributed by atoms with Gasteiger partial charge in [-0.05, 0) is 18.8 Å². The van der Waals surface area contributed by atoms with Crippen LogP contribution in [0.1, 0.15) is 19.8 Å². The van der Waals surface area contributed by atoms with Crippen molar-refractivity contribution in [2.24, 2.45) is 5.92 Å². The Balaban J connectivity index is 2.46. The Morgan fingerprint density at radius 2 is 2.08 bits per heavy atom. The minimum Gasteiger partial charge on any atom is -0.212 e. The van der Waals surface area contributed by atoms with E-state index in [0.29, 0.717) is 18.2 Å². The summed E-state index contributed by atoms with van der Waals surface area (Å²) in [6.45, 7) is 2.50. The van der Waals surface area contributed by atoms with Gasteiger partial charge in [-0.1, -0.05) is 22.9 Å². The van der Waals surface area contributed by atoms with Gasteiger partial charge < -0.3 is 0 Å².